The summed E-state index contributed by atoms with van der Waals surface area (Å²) in [7, 11) is 0. The van der Waals surface area contributed by atoms with Gasteiger partial charge in [0.15, 0.2) is 5.65 Å². The first-order chi connectivity index (χ1) is 12.5. The van der Waals surface area contributed by atoms with Crippen molar-refractivity contribution in [1.82, 2.24) is 19.5 Å². The summed E-state index contributed by atoms with van der Waals surface area (Å²) in [5.41, 5.74) is 8.56. The van der Waals surface area contributed by atoms with Crippen molar-refractivity contribution in [3.8, 4) is 11.3 Å². The molecule has 0 aliphatic carbocycles. The lowest BCUT2D eigenvalue weighted by atomic mass is 10.00. The highest BCUT2D eigenvalue weighted by molar-refractivity contribution is 5.95. The van der Waals surface area contributed by atoms with E-state index in [-0.39, 0.29) is 17.4 Å². The molecule has 0 atom stereocenters. The first-order valence-electron chi connectivity index (χ1n) is 8.57. The van der Waals surface area contributed by atoms with Gasteiger partial charge in [-0.15, -0.1) is 5.10 Å². The monoisotopic (exact) mass is 351 g/mol. The van der Waals surface area contributed by atoms with Gasteiger partial charge in [0.1, 0.15) is 0 Å². The molecule has 134 valence electrons. The molecule has 3 heterocycles. The number of anilines is 1. The second kappa shape index (κ2) is 6.10. The fourth-order valence-corrected chi connectivity index (χ4v) is 3.31. The van der Waals surface area contributed by atoms with E-state index in [1.54, 1.807) is 4.52 Å². The molecule has 7 heteroatoms. The Morgan fingerprint density at radius 3 is 2.69 bits per heavy atom. The molecule has 1 saturated heterocycles. The van der Waals surface area contributed by atoms with Crippen molar-refractivity contribution in [3.63, 3.8) is 0 Å². The second-order valence-corrected chi connectivity index (χ2v) is 7.05. The number of nitrogen functional groups attached to an aromatic ring is 1. The largest absolute Gasteiger partial charge is 0.377 e. The van der Waals surface area contributed by atoms with Crippen LogP contribution in [0.2, 0.25) is 0 Å². The van der Waals surface area contributed by atoms with Crippen molar-refractivity contribution < 1.29 is 9.53 Å². The lowest BCUT2D eigenvalue weighted by Gasteiger charge is -2.42. The number of ether oxygens (including phenoxy) is 1. The quantitative estimate of drug-likeness (QED) is 0.765. The summed E-state index contributed by atoms with van der Waals surface area (Å²) in [5, 5.41) is 4.23. The van der Waals surface area contributed by atoms with Crippen LogP contribution in [0.3, 0.4) is 0 Å². The zero-order valence-electron chi connectivity index (χ0n) is 14.8. The molecule has 2 N–H and O–H groups in total. The number of nitrogens with zero attached hydrogens (tertiary/aromatic N) is 4. The molecule has 7 nitrogen and oxygen atoms in total. The van der Waals surface area contributed by atoms with Gasteiger partial charge in [-0.2, -0.15) is 4.98 Å². The molecule has 1 aliphatic heterocycles. The lowest BCUT2D eigenvalue weighted by Crippen LogP contribution is -2.55. The number of fused-ring (bicyclic) bond motifs is 1. The maximum absolute atomic E-state index is 12.9. The van der Waals surface area contributed by atoms with Crippen LogP contribution in [-0.4, -0.2) is 50.7 Å². The first kappa shape index (κ1) is 16.5. The molecule has 1 amide bonds. The SMILES string of the molecule is CC1(C)COCCN1C(=O)c1ccc(-c2cccc3nc(N)nn23)cc1. The summed E-state index contributed by atoms with van der Waals surface area (Å²) in [6, 6.07) is 13.3. The number of benzene rings is 1. The smallest absolute Gasteiger partial charge is 0.254 e. The van der Waals surface area contributed by atoms with E-state index in [1.807, 2.05) is 61.2 Å². The number of hydrogen-bond donors (Lipinski definition) is 1. The van der Waals surface area contributed by atoms with Crippen LogP contribution in [0.1, 0.15) is 24.2 Å². The van der Waals surface area contributed by atoms with Crippen LogP contribution in [0.4, 0.5) is 5.95 Å². The number of pyridine rings is 1. The third-order valence-electron chi connectivity index (χ3n) is 4.69. The number of carbonyl (C=O) groups excluding carboxylic acids is 1. The zero-order valence-corrected chi connectivity index (χ0v) is 14.8. The molecule has 1 fully saturated rings. The van der Waals surface area contributed by atoms with E-state index in [2.05, 4.69) is 10.1 Å². The van der Waals surface area contributed by atoms with Gasteiger partial charge >= 0.3 is 0 Å². The highest BCUT2D eigenvalue weighted by Gasteiger charge is 2.34. The second-order valence-electron chi connectivity index (χ2n) is 7.05. The van der Waals surface area contributed by atoms with Gasteiger partial charge in [0.2, 0.25) is 5.95 Å². The number of morpholine rings is 1. The summed E-state index contributed by atoms with van der Waals surface area (Å²) in [6.45, 7) is 5.77. The van der Waals surface area contributed by atoms with E-state index in [0.717, 1.165) is 11.3 Å². The third-order valence-corrected chi connectivity index (χ3v) is 4.69. The lowest BCUT2D eigenvalue weighted by molar-refractivity contribution is -0.0370. The third kappa shape index (κ3) is 2.80. The van der Waals surface area contributed by atoms with Crippen molar-refractivity contribution in [2.45, 2.75) is 19.4 Å². The predicted molar refractivity (Wildman–Crippen MR) is 98.8 cm³/mol. The zero-order chi connectivity index (χ0) is 18.3. The number of hydrogen-bond acceptors (Lipinski definition) is 5. The number of carbonyl (C=O) groups is 1. The van der Waals surface area contributed by atoms with E-state index in [4.69, 9.17) is 10.5 Å². The molecule has 1 aliphatic rings. The van der Waals surface area contributed by atoms with E-state index in [9.17, 15) is 4.79 Å². The fourth-order valence-electron chi connectivity index (χ4n) is 3.31. The van der Waals surface area contributed by atoms with Crippen molar-refractivity contribution in [1.29, 1.82) is 0 Å². The Kier molecular flexibility index (Phi) is 3.88. The van der Waals surface area contributed by atoms with E-state index < -0.39 is 0 Å². The average molecular weight is 351 g/mol. The fraction of sp³-hybridized carbons (Fsp3) is 0.316. The standard InChI is InChI=1S/C19H21N5O2/c1-19(2)12-26-11-10-23(19)17(25)14-8-6-13(7-9-14)15-4-3-5-16-21-18(20)22-24(15)16/h3-9H,10-12H2,1-2H3,(H2,20,22). The topological polar surface area (TPSA) is 85.8 Å². The van der Waals surface area contributed by atoms with Gasteiger partial charge in [0, 0.05) is 17.7 Å². The minimum Gasteiger partial charge on any atom is -0.377 e. The van der Waals surface area contributed by atoms with Crippen LogP contribution < -0.4 is 5.73 Å². The molecule has 0 bridgehead atoms. The maximum Gasteiger partial charge on any atom is 0.254 e. The molecule has 3 aromatic rings. The molecule has 0 saturated carbocycles. The number of rotatable bonds is 2. The van der Waals surface area contributed by atoms with Gasteiger partial charge in [0.05, 0.1) is 24.4 Å². The van der Waals surface area contributed by atoms with Gasteiger partial charge in [-0.1, -0.05) is 18.2 Å². The van der Waals surface area contributed by atoms with Crippen LogP contribution in [0.15, 0.2) is 42.5 Å². The van der Waals surface area contributed by atoms with Gasteiger partial charge in [-0.25, -0.2) is 4.52 Å². The van der Waals surface area contributed by atoms with Crippen molar-refractivity contribution in [2.24, 2.45) is 0 Å². The minimum atomic E-state index is -0.308. The Hall–Kier alpha value is -2.93. The van der Waals surface area contributed by atoms with Crippen molar-refractivity contribution in [2.75, 3.05) is 25.5 Å². The highest BCUT2D eigenvalue weighted by Crippen LogP contribution is 2.24. The van der Waals surface area contributed by atoms with Gasteiger partial charge in [0.25, 0.3) is 5.91 Å². The van der Waals surface area contributed by atoms with Crippen molar-refractivity contribution >= 4 is 17.5 Å². The van der Waals surface area contributed by atoms with E-state index >= 15 is 0 Å². The molecule has 1 aromatic carbocycles. The average Bonchev–Trinajstić information content (AvgIpc) is 3.01. The van der Waals surface area contributed by atoms with Gasteiger partial charge in [-0.05, 0) is 38.1 Å². The normalized spacial score (nSPS) is 16.8. The molecule has 0 unspecified atom stereocenters. The number of amides is 1. The van der Waals surface area contributed by atoms with Crippen LogP contribution >= 0.6 is 0 Å². The minimum absolute atomic E-state index is 0.0214. The van der Waals surface area contributed by atoms with Crippen molar-refractivity contribution in [3.05, 3.63) is 48.0 Å². The molecule has 26 heavy (non-hydrogen) atoms. The molecule has 4 rings (SSSR count). The summed E-state index contributed by atoms with van der Waals surface area (Å²) < 4.78 is 7.21. The Bertz CT molecular complexity index is 962. The Labute approximate surface area is 151 Å². The summed E-state index contributed by atoms with van der Waals surface area (Å²) in [6.07, 6.45) is 0. The Morgan fingerprint density at radius 2 is 1.96 bits per heavy atom. The predicted octanol–water partition coefficient (Wildman–Crippen LogP) is 2.23. The molecular weight excluding hydrogens is 330 g/mol. The highest BCUT2D eigenvalue weighted by atomic mass is 16.5. The van der Waals surface area contributed by atoms with Crippen LogP contribution in [0, 0.1) is 0 Å². The van der Waals surface area contributed by atoms with Gasteiger partial charge < -0.3 is 15.4 Å². The Balaban J connectivity index is 1.65. The van der Waals surface area contributed by atoms with Crippen LogP contribution in [0.5, 0.6) is 0 Å². The van der Waals surface area contributed by atoms with Gasteiger partial charge in [-0.3, -0.25) is 4.79 Å². The Morgan fingerprint density at radius 1 is 1.19 bits per heavy atom. The van der Waals surface area contributed by atoms with E-state index in [1.165, 1.54) is 0 Å². The maximum atomic E-state index is 12.9. The molecule has 0 radical (unpaired) electrons. The summed E-state index contributed by atoms with van der Waals surface area (Å²) in [5.74, 6) is 0.256. The molecular formula is C19H21N5O2. The van der Waals surface area contributed by atoms with E-state index in [0.29, 0.717) is 31.0 Å². The molecule has 2 aromatic heterocycles. The molecule has 0 spiro atoms. The van der Waals surface area contributed by atoms with Crippen LogP contribution in [0.25, 0.3) is 16.9 Å². The van der Waals surface area contributed by atoms with Crippen LogP contribution in [-0.2, 0) is 4.74 Å². The summed E-state index contributed by atoms with van der Waals surface area (Å²) >= 11 is 0. The number of aromatic nitrogens is 3. The first-order valence-corrected chi connectivity index (χ1v) is 8.57. The summed E-state index contributed by atoms with van der Waals surface area (Å²) in [4.78, 5) is 19.0. The number of nitrogens with two attached hydrogens (primary N) is 1.